The van der Waals surface area contributed by atoms with Crippen molar-refractivity contribution in [2.75, 3.05) is 19.0 Å². The largest absolute Gasteiger partial charge is 0.486 e. The van der Waals surface area contributed by atoms with E-state index in [2.05, 4.69) is 10.6 Å². The summed E-state index contributed by atoms with van der Waals surface area (Å²) in [5.74, 6) is 0.0967. The molecule has 2 rings (SSSR count). The monoisotopic (exact) mass is 382 g/mol. The van der Waals surface area contributed by atoms with Crippen LogP contribution in [0.1, 0.15) is 20.8 Å². The Labute approximate surface area is 155 Å². The van der Waals surface area contributed by atoms with E-state index in [1.54, 1.807) is 26.0 Å². The maximum atomic E-state index is 11.9. The Kier molecular flexibility index (Phi) is 7.14. The van der Waals surface area contributed by atoms with Gasteiger partial charge in [-0.25, -0.2) is 4.79 Å². The summed E-state index contributed by atoms with van der Waals surface area (Å²) >= 11 is 1.26. The minimum atomic E-state index is -1.07. The van der Waals surface area contributed by atoms with Crippen LogP contribution in [0.25, 0.3) is 0 Å². The van der Waals surface area contributed by atoms with E-state index in [1.165, 1.54) is 18.7 Å². The lowest BCUT2D eigenvalue weighted by atomic mass is 10.3. The van der Waals surface area contributed by atoms with E-state index in [9.17, 15) is 14.4 Å². The summed E-state index contributed by atoms with van der Waals surface area (Å²) in [6.07, 6.45) is -1.07. The lowest BCUT2D eigenvalue weighted by Crippen LogP contribution is -2.46. The number of esters is 1. The molecular weight excluding hydrogens is 360 g/mol. The molecule has 0 saturated heterocycles. The number of carbonyl (C=O) groups excluding carboxylic acids is 3. The molecule has 0 spiro atoms. The second-order valence-corrected chi connectivity index (χ2v) is 6.89. The van der Waals surface area contributed by atoms with Gasteiger partial charge in [-0.1, -0.05) is 0 Å². The molecule has 0 fully saturated rings. The molecular formula is C17H22N2O6S. The molecule has 0 radical (unpaired) electrons. The number of carbonyl (C=O) groups is 3. The molecule has 0 saturated carbocycles. The number of urea groups is 1. The second-order valence-electron chi connectivity index (χ2n) is 5.84. The van der Waals surface area contributed by atoms with Crippen LogP contribution in [0.2, 0.25) is 0 Å². The van der Waals surface area contributed by atoms with Crippen molar-refractivity contribution < 1.29 is 28.6 Å². The van der Waals surface area contributed by atoms with Crippen molar-refractivity contribution in [3.8, 4) is 11.5 Å². The van der Waals surface area contributed by atoms with Gasteiger partial charge in [0.15, 0.2) is 17.6 Å². The van der Waals surface area contributed by atoms with Gasteiger partial charge in [0.1, 0.15) is 13.2 Å². The Morgan fingerprint density at radius 3 is 2.54 bits per heavy atom. The zero-order valence-corrected chi connectivity index (χ0v) is 15.7. The molecule has 0 aromatic heterocycles. The number of benzene rings is 1. The minimum Gasteiger partial charge on any atom is -0.486 e. The van der Waals surface area contributed by atoms with Gasteiger partial charge >= 0.3 is 12.0 Å². The lowest BCUT2D eigenvalue weighted by molar-refractivity contribution is -0.151. The summed E-state index contributed by atoms with van der Waals surface area (Å²) in [5, 5.41) is 4.64. The zero-order chi connectivity index (χ0) is 19.1. The Bertz CT molecular complexity index is 679. The summed E-state index contributed by atoms with van der Waals surface area (Å²) in [6, 6.07) is 4.66. The van der Waals surface area contributed by atoms with Gasteiger partial charge in [0, 0.05) is 10.9 Å². The average Bonchev–Trinajstić information content (AvgIpc) is 2.58. The molecule has 1 aromatic carbocycles. The van der Waals surface area contributed by atoms with Gasteiger partial charge in [0.25, 0.3) is 5.91 Å². The Hall–Kier alpha value is -2.42. The molecule has 1 atom stereocenters. The molecule has 2 N–H and O–H groups in total. The number of fused-ring (bicyclic) bond motifs is 1. The number of nitrogens with one attached hydrogen (secondary N) is 2. The highest BCUT2D eigenvalue weighted by Gasteiger charge is 2.20. The van der Waals surface area contributed by atoms with E-state index in [1.807, 2.05) is 6.07 Å². The number of thioether (sulfide) groups is 1. The van der Waals surface area contributed by atoms with Crippen molar-refractivity contribution in [1.29, 1.82) is 0 Å². The summed E-state index contributed by atoms with van der Waals surface area (Å²) in [4.78, 5) is 36.0. The molecule has 0 bridgehead atoms. The molecule has 0 aliphatic carbocycles. The first-order chi connectivity index (χ1) is 12.3. The first kappa shape index (κ1) is 19.9. The summed E-state index contributed by atoms with van der Waals surface area (Å²) in [6.45, 7) is 5.94. The fourth-order valence-electron chi connectivity index (χ4n) is 2.05. The molecule has 1 aliphatic rings. The third-order valence-corrected chi connectivity index (χ3v) is 4.17. The third kappa shape index (κ3) is 6.14. The first-order valence-corrected chi connectivity index (χ1v) is 9.17. The van der Waals surface area contributed by atoms with Crippen molar-refractivity contribution in [2.45, 2.75) is 37.8 Å². The van der Waals surface area contributed by atoms with Crippen LogP contribution < -0.4 is 20.1 Å². The molecule has 1 aliphatic heterocycles. The number of rotatable bonds is 6. The van der Waals surface area contributed by atoms with Crippen LogP contribution in [0.4, 0.5) is 4.79 Å². The SMILES string of the molecule is CC(C)NC(=O)NC(=O)[C@@H](C)OC(=O)CSc1ccc2c(c1)OCCO2. The maximum absolute atomic E-state index is 11.9. The van der Waals surface area contributed by atoms with Gasteiger partial charge in [-0.05, 0) is 39.0 Å². The fourth-order valence-corrected chi connectivity index (χ4v) is 2.76. The first-order valence-electron chi connectivity index (χ1n) is 8.18. The normalized spacial score (nSPS) is 13.7. The van der Waals surface area contributed by atoms with Gasteiger partial charge in [-0.2, -0.15) is 0 Å². The minimum absolute atomic E-state index is 0.0233. The van der Waals surface area contributed by atoms with Gasteiger partial charge in [0.2, 0.25) is 0 Å². The number of hydrogen-bond donors (Lipinski definition) is 2. The summed E-state index contributed by atoms with van der Waals surface area (Å²) in [5.41, 5.74) is 0. The highest BCUT2D eigenvalue weighted by atomic mass is 32.2. The Balaban J connectivity index is 1.77. The average molecular weight is 382 g/mol. The lowest BCUT2D eigenvalue weighted by Gasteiger charge is -2.18. The quantitative estimate of drug-likeness (QED) is 0.570. The van der Waals surface area contributed by atoms with Crippen LogP contribution >= 0.6 is 11.8 Å². The van der Waals surface area contributed by atoms with Gasteiger partial charge in [0.05, 0.1) is 5.75 Å². The molecule has 142 valence electrons. The maximum Gasteiger partial charge on any atom is 0.321 e. The van der Waals surface area contributed by atoms with Crippen LogP contribution in [-0.2, 0) is 14.3 Å². The molecule has 1 heterocycles. The van der Waals surface area contributed by atoms with Crippen molar-refractivity contribution in [2.24, 2.45) is 0 Å². The topological polar surface area (TPSA) is 103 Å². The smallest absolute Gasteiger partial charge is 0.321 e. The molecule has 0 unspecified atom stereocenters. The van der Waals surface area contributed by atoms with E-state index >= 15 is 0 Å². The Morgan fingerprint density at radius 2 is 1.85 bits per heavy atom. The summed E-state index contributed by atoms with van der Waals surface area (Å²) < 4.78 is 16.0. The number of hydrogen-bond acceptors (Lipinski definition) is 7. The molecule has 8 nitrogen and oxygen atoms in total. The van der Waals surface area contributed by atoms with Crippen molar-refractivity contribution in [3.05, 3.63) is 18.2 Å². The third-order valence-electron chi connectivity index (χ3n) is 3.20. The predicted octanol–water partition coefficient (Wildman–Crippen LogP) is 1.72. The van der Waals surface area contributed by atoms with E-state index in [4.69, 9.17) is 14.2 Å². The van der Waals surface area contributed by atoms with E-state index in [-0.39, 0.29) is 11.8 Å². The number of amides is 3. The summed E-state index contributed by atoms with van der Waals surface area (Å²) in [7, 11) is 0. The van der Waals surface area contributed by atoms with Crippen molar-refractivity contribution >= 4 is 29.7 Å². The van der Waals surface area contributed by atoms with E-state index < -0.39 is 24.0 Å². The van der Waals surface area contributed by atoms with E-state index in [0.29, 0.717) is 24.7 Å². The van der Waals surface area contributed by atoms with E-state index in [0.717, 1.165) is 4.90 Å². The zero-order valence-electron chi connectivity index (χ0n) is 14.9. The van der Waals surface area contributed by atoms with Crippen molar-refractivity contribution in [1.82, 2.24) is 10.6 Å². The highest BCUT2D eigenvalue weighted by molar-refractivity contribution is 8.00. The highest BCUT2D eigenvalue weighted by Crippen LogP contribution is 2.34. The van der Waals surface area contributed by atoms with Crippen LogP contribution in [0.3, 0.4) is 0 Å². The van der Waals surface area contributed by atoms with Crippen LogP contribution in [0.15, 0.2) is 23.1 Å². The van der Waals surface area contributed by atoms with Crippen LogP contribution in [0, 0.1) is 0 Å². The fraction of sp³-hybridized carbons (Fsp3) is 0.471. The molecule has 26 heavy (non-hydrogen) atoms. The Morgan fingerprint density at radius 1 is 1.15 bits per heavy atom. The van der Waals surface area contributed by atoms with Gasteiger partial charge < -0.3 is 19.5 Å². The second kappa shape index (κ2) is 9.33. The number of imide groups is 1. The molecule has 1 aromatic rings. The van der Waals surface area contributed by atoms with Gasteiger partial charge in [-0.3, -0.25) is 14.9 Å². The molecule has 9 heteroatoms. The standard InChI is InChI=1S/C17H22N2O6S/c1-10(2)18-17(22)19-16(21)11(3)25-15(20)9-26-12-4-5-13-14(8-12)24-7-6-23-13/h4-5,8,10-11H,6-7,9H2,1-3H3,(H2,18,19,21,22)/t11-/m1/s1. The number of ether oxygens (including phenoxy) is 3. The molecule has 3 amide bonds. The predicted molar refractivity (Wildman–Crippen MR) is 95.5 cm³/mol. The van der Waals surface area contributed by atoms with Crippen LogP contribution in [-0.4, -0.2) is 49.0 Å². The van der Waals surface area contributed by atoms with Gasteiger partial charge in [-0.15, -0.1) is 11.8 Å². The van der Waals surface area contributed by atoms with Crippen molar-refractivity contribution in [3.63, 3.8) is 0 Å². The van der Waals surface area contributed by atoms with Crippen LogP contribution in [0.5, 0.6) is 11.5 Å².